The van der Waals surface area contributed by atoms with Gasteiger partial charge in [-0.15, -0.1) is 0 Å². The van der Waals surface area contributed by atoms with E-state index in [1.54, 1.807) is 6.08 Å². The number of allylic oxidation sites excluding steroid dienone is 4. The van der Waals surface area contributed by atoms with Crippen molar-refractivity contribution in [2.24, 2.45) is 0 Å². The van der Waals surface area contributed by atoms with E-state index in [1.807, 2.05) is 17.9 Å². The molecule has 3 heteroatoms. The van der Waals surface area contributed by atoms with Gasteiger partial charge in [0.2, 0.25) is 6.41 Å². The summed E-state index contributed by atoms with van der Waals surface area (Å²) in [4.78, 5) is 14.8. The summed E-state index contributed by atoms with van der Waals surface area (Å²) in [5, 5.41) is 0. The summed E-state index contributed by atoms with van der Waals surface area (Å²) in [7, 11) is 0. The predicted octanol–water partition coefficient (Wildman–Crippen LogP) is 1.80. The molecule has 0 spiro atoms. The minimum Gasteiger partial charge on any atom is -0.370 e. The van der Waals surface area contributed by atoms with E-state index in [2.05, 4.69) is 23.6 Å². The molecular formula is C13H20N2O. The van der Waals surface area contributed by atoms with E-state index < -0.39 is 0 Å². The first-order valence-electron chi connectivity index (χ1n) is 5.71. The lowest BCUT2D eigenvalue weighted by atomic mass is 10.3. The molecule has 1 heterocycles. The Kier molecular flexibility index (Phi) is 5.40. The second-order valence-corrected chi connectivity index (χ2v) is 3.79. The number of hydrogen-bond donors (Lipinski definition) is 0. The lowest BCUT2D eigenvalue weighted by Gasteiger charge is -2.23. The van der Waals surface area contributed by atoms with Crippen molar-refractivity contribution >= 4 is 6.41 Å². The van der Waals surface area contributed by atoms with E-state index in [4.69, 9.17) is 0 Å². The van der Waals surface area contributed by atoms with Crippen molar-refractivity contribution in [3.05, 3.63) is 36.6 Å². The number of rotatable bonds is 4. The van der Waals surface area contributed by atoms with E-state index in [0.717, 1.165) is 39.0 Å². The van der Waals surface area contributed by atoms with Crippen LogP contribution in [0.2, 0.25) is 0 Å². The predicted molar refractivity (Wildman–Crippen MR) is 66.9 cm³/mol. The average molecular weight is 220 g/mol. The Labute approximate surface area is 97.7 Å². The fourth-order valence-corrected chi connectivity index (χ4v) is 1.85. The molecular weight excluding hydrogens is 200 g/mol. The Hall–Kier alpha value is -1.51. The molecule has 0 radical (unpaired) electrons. The summed E-state index contributed by atoms with van der Waals surface area (Å²) in [6.07, 6.45) is 9.84. The third-order valence-corrected chi connectivity index (χ3v) is 2.74. The molecule has 0 bridgehead atoms. The summed E-state index contributed by atoms with van der Waals surface area (Å²) in [5.41, 5.74) is 1.20. The summed E-state index contributed by atoms with van der Waals surface area (Å²) in [5.74, 6) is 0. The molecule has 1 aliphatic rings. The normalized spacial score (nSPS) is 18.7. The van der Waals surface area contributed by atoms with Crippen LogP contribution in [0.4, 0.5) is 0 Å². The standard InChI is InChI=1S/C13H20N2O/c1-3-5-7-13(4-2)15-9-6-8-14(12-16)10-11-15/h3-5,7,12H,1,6,8-11H2,2H3/b7-5-,13-4+. The number of carbonyl (C=O) groups excluding carboxylic acids is 1. The third kappa shape index (κ3) is 3.57. The summed E-state index contributed by atoms with van der Waals surface area (Å²) < 4.78 is 0. The van der Waals surface area contributed by atoms with E-state index in [-0.39, 0.29) is 0 Å². The van der Waals surface area contributed by atoms with Gasteiger partial charge in [-0.3, -0.25) is 4.79 Å². The molecule has 1 rings (SSSR count). The fraction of sp³-hybridized carbons (Fsp3) is 0.462. The molecule has 0 aliphatic carbocycles. The largest absolute Gasteiger partial charge is 0.370 e. The lowest BCUT2D eigenvalue weighted by Crippen LogP contribution is -2.29. The summed E-state index contributed by atoms with van der Waals surface area (Å²) in [6.45, 7) is 9.28. The van der Waals surface area contributed by atoms with E-state index in [1.165, 1.54) is 5.70 Å². The Morgan fingerprint density at radius 3 is 2.69 bits per heavy atom. The topological polar surface area (TPSA) is 23.6 Å². The van der Waals surface area contributed by atoms with Gasteiger partial charge < -0.3 is 9.80 Å². The van der Waals surface area contributed by atoms with Crippen LogP contribution in [0.15, 0.2) is 36.6 Å². The Morgan fingerprint density at radius 1 is 1.25 bits per heavy atom. The highest BCUT2D eigenvalue weighted by Gasteiger charge is 2.13. The van der Waals surface area contributed by atoms with Crippen molar-refractivity contribution in [1.29, 1.82) is 0 Å². The molecule has 0 saturated carbocycles. The number of nitrogens with zero attached hydrogens (tertiary/aromatic N) is 2. The third-order valence-electron chi connectivity index (χ3n) is 2.74. The molecule has 1 saturated heterocycles. The molecule has 0 N–H and O–H groups in total. The Morgan fingerprint density at radius 2 is 2.06 bits per heavy atom. The Bertz CT molecular complexity index is 294. The van der Waals surface area contributed by atoms with E-state index >= 15 is 0 Å². The van der Waals surface area contributed by atoms with Crippen molar-refractivity contribution < 1.29 is 4.79 Å². The highest BCUT2D eigenvalue weighted by molar-refractivity contribution is 5.47. The second kappa shape index (κ2) is 6.88. The van der Waals surface area contributed by atoms with Crippen LogP contribution >= 0.6 is 0 Å². The van der Waals surface area contributed by atoms with E-state index in [0.29, 0.717) is 0 Å². The monoisotopic (exact) mass is 220 g/mol. The highest BCUT2D eigenvalue weighted by atomic mass is 16.1. The van der Waals surface area contributed by atoms with Gasteiger partial charge in [0.05, 0.1) is 0 Å². The van der Waals surface area contributed by atoms with Gasteiger partial charge in [-0.1, -0.05) is 24.8 Å². The SMILES string of the molecule is C=C/C=C\C(=C/C)N1CCCN(C=O)CC1. The van der Waals surface area contributed by atoms with Gasteiger partial charge in [0, 0.05) is 31.9 Å². The molecule has 1 fully saturated rings. The van der Waals surface area contributed by atoms with Crippen LogP contribution in [0.5, 0.6) is 0 Å². The lowest BCUT2D eigenvalue weighted by molar-refractivity contribution is -0.118. The van der Waals surface area contributed by atoms with E-state index in [9.17, 15) is 4.79 Å². The van der Waals surface area contributed by atoms with Crippen LogP contribution in [0.25, 0.3) is 0 Å². The first-order valence-corrected chi connectivity index (χ1v) is 5.71. The molecule has 0 atom stereocenters. The quantitative estimate of drug-likeness (QED) is 0.533. The fourth-order valence-electron chi connectivity index (χ4n) is 1.85. The van der Waals surface area contributed by atoms with Crippen molar-refractivity contribution in [2.75, 3.05) is 26.2 Å². The van der Waals surface area contributed by atoms with Gasteiger partial charge in [0.15, 0.2) is 0 Å². The molecule has 0 unspecified atom stereocenters. The van der Waals surface area contributed by atoms with Crippen LogP contribution < -0.4 is 0 Å². The maximum Gasteiger partial charge on any atom is 0.209 e. The highest BCUT2D eigenvalue weighted by Crippen LogP contribution is 2.10. The van der Waals surface area contributed by atoms with Crippen LogP contribution in [-0.2, 0) is 4.79 Å². The van der Waals surface area contributed by atoms with Gasteiger partial charge in [-0.05, 0) is 19.4 Å². The zero-order chi connectivity index (χ0) is 11.8. The van der Waals surface area contributed by atoms with Crippen molar-refractivity contribution in [3.63, 3.8) is 0 Å². The van der Waals surface area contributed by atoms with Crippen LogP contribution in [0.1, 0.15) is 13.3 Å². The minimum atomic E-state index is 0.808. The first kappa shape index (κ1) is 12.6. The Balaban J connectivity index is 2.61. The van der Waals surface area contributed by atoms with Crippen LogP contribution in [-0.4, -0.2) is 42.4 Å². The molecule has 0 aromatic heterocycles. The van der Waals surface area contributed by atoms with Gasteiger partial charge in [-0.2, -0.15) is 0 Å². The molecule has 16 heavy (non-hydrogen) atoms. The van der Waals surface area contributed by atoms with Gasteiger partial charge in [0.1, 0.15) is 0 Å². The van der Waals surface area contributed by atoms with Crippen molar-refractivity contribution in [1.82, 2.24) is 9.80 Å². The zero-order valence-corrected chi connectivity index (χ0v) is 9.93. The van der Waals surface area contributed by atoms with Crippen molar-refractivity contribution in [2.45, 2.75) is 13.3 Å². The summed E-state index contributed by atoms with van der Waals surface area (Å²) >= 11 is 0. The first-order chi connectivity index (χ1) is 7.81. The zero-order valence-electron chi connectivity index (χ0n) is 9.93. The number of carbonyl (C=O) groups is 1. The molecule has 3 nitrogen and oxygen atoms in total. The van der Waals surface area contributed by atoms with Crippen molar-refractivity contribution in [3.8, 4) is 0 Å². The van der Waals surface area contributed by atoms with Gasteiger partial charge >= 0.3 is 0 Å². The summed E-state index contributed by atoms with van der Waals surface area (Å²) in [6, 6.07) is 0. The van der Waals surface area contributed by atoms with Crippen LogP contribution in [0, 0.1) is 0 Å². The second-order valence-electron chi connectivity index (χ2n) is 3.79. The molecule has 0 aromatic carbocycles. The maximum atomic E-state index is 10.7. The van der Waals surface area contributed by atoms with Gasteiger partial charge in [0.25, 0.3) is 0 Å². The minimum absolute atomic E-state index is 0.808. The molecule has 88 valence electrons. The van der Waals surface area contributed by atoms with Crippen LogP contribution in [0.3, 0.4) is 0 Å². The number of hydrogen-bond acceptors (Lipinski definition) is 2. The smallest absolute Gasteiger partial charge is 0.209 e. The maximum absolute atomic E-state index is 10.7. The molecule has 1 amide bonds. The van der Waals surface area contributed by atoms with Gasteiger partial charge in [-0.25, -0.2) is 0 Å². The number of amides is 1. The average Bonchev–Trinajstić information content (AvgIpc) is 2.55. The molecule has 0 aromatic rings. The molecule has 1 aliphatic heterocycles.